The lowest BCUT2D eigenvalue weighted by molar-refractivity contribution is -0.385. The van der Waals surface area contributed by atoms with Crippen LogP contribution in [0.1, 0.15) is 27.4 Å². The number of nitrogens with zero attached hydrogens (tertiary/aromatic N) is 3. The number of rotatable bonds is 5. The monoisotopic (exact) mass is 352 g/mol. The standard InChI is InChI=1S/C18H16N4O4/c1-11-3-6-13(7-4-11)17-20-16(26-21-17)10-19-18(23)14-8-5-12(2)15(9-14)22(24)25/h3-9H,10H2,1-2H3,(H,19,23). The second-order valence-electron chi connectivity index (χ2n) is 5.82. The molecule has 1 aromatic heterocycles. The minimum absolute atomic E-state index is 0.0272. The number of aryl methyl sites for hydroxylation is 2. The number of carbonyl (C=O) groups excluding carboxylic acids is 1. The number of carbonyl (C=O) groups is 1. The van der Waals surface area contributed by atoms with E-state index in [2.05, 4.69) is 15.5 Å². The Hall–Kier alpha value is -3.55. The molecule has 1 heterocycles. The summed E-state index contributed by atoms with van der Waals surface area (Å²) < 4.78 is 5.13. The van der Waals surface area contributed by atoms with Crippen molar-refractivity contribution in [1.82, 2.24) is 15.5 Å². The molecule has 0 aliphatic rings. The van der Waals surface area contributed by atoms with Gasteiger partial charge in [0.2, 0.25) is 11.7 Å². The Morgan fingerprint density at radius 1 is 1.19 bits per heavy atom. The molecule has 2 aromatic carbocycles. The Morgan fingerprint density at radius 2 is 1.92 bits per heavy atom. The van der Waals surface area contributed by atoms with Crippen LogP contribution in [-0.4, -0.2) is 21.0 Å². The highest BCUT2D eigenvalue weighted by Gasteiger charge is 2.16. The van der Waals surface area contributed by atoms with E-state index in [9.17, 15) is 14.9 Å². The number of nitro groups is 1. The summed E-state index contributed by atoms with van der Waals surface area (Å²) in [5, 5.41) is 17.5. The Balaban J connectivity index is 1.68. The quantitative estimate of drug-likeness (QED) is 0.557. The molecule has 1 amide bonds. The molecule has 0 saturated carbocycles. The number of amides is 1. The molecule has 1 N–H and O–H groups in total. The average molecular weight is 352 g/mol. The highest BCUT2D eigenvalue weighted by Crippen LogP contribution is 2.19. The minimum atomic E-state index is -0.516. The number of hydrogen-bond donors (Lipinski definition) is 1. The van der Waals surface area contributed by atoms with E-state index in [1.54, 1.807) is 6.92 Å². The molecule has 0 aliphatic heterocycles. The first-order chi connectivity index (χ1) is 12.4. The predicted molar refractivity (Wildman–Crippen MR) is 93.5 cm³/mol. The van der Waals surface area contributed by atoms with Crippen LogP contribution in [0.5, 0.6) is 0 Å². The van der Waals surface area contributed by atoms with Crippen LogP contribution in [0.3, 0.4) is 0 Å². The number of aromatic nitrogens is 2. The minimum Gasteiger partial charge on any atom is -0.343 e. The molecule has 0 saturated heterocycles. The lowest BCUT2D eigenvalue weighted by atomic mass is 10.1. The van der Waals surface area contributed by atoms with Gasteiger partial charge in [-0.1, -0.05) is 41.1 Å². The molecule has 0 bridgehead atoms. The van der Waals surface area contributed by atoms with Gasteiger partial charge in [-0.25, -0.2) is 0 Å². The van der Waals surface area contributed by atoms with Gasteiger partial charge in [0.05, 0.1) is 11.5 Å². The van der Waals surface area contributed by atoms with Crippen molar-refractivity contribution < 1.29 is 14.2 Å². The van der Waals surface area contributed by atoms with Gasteiger partial charge in [0.15, 0.2) is 0 Å². The van der Waals surface area contributed by atoms with Gasteiger partial charge in [0.25, 0.3) is 11.6 Å². The first kappa shape index (κ1) is 17.3. The van der Waals surface area contributed by atoms with Gasteiger partial charge in [0, 0.05) is 22.8 Å². The highest BCUT2D eigenvalue weighted by molar-refractivity contribution is 5.94. The summed E-state index contributed by atoms with van der Waals surface area (Å²) >= 11 is 0. The van der Waals surface area contributed by atoms with Crippen LogP contribution >= 0.6 is 0 Å². The maximum Gasteiger partial charge on any atom is 0.273 e. The maximum atomic E-state index is 12.2. The lowest BCUT2D eigenvalue weighted by Gasteiger charge is -2.03. The molecule has 8 nitrogen and oxygen atoms in total. The fourth-order valence-corrected chi connectivity index (χ4v) is 2.35. The first-order valence-corrected chi connectivity index (χ1v) is 7.87. The van der Waals surface area contributed by atoms with E-state index in [0.29, 0.717) is 11.4 Å². The van der Waals surface area contributed by atoms with Gasteiger partial charge in [0.1, 0.15) is 0 Å². The molecule has 26 heavy (non-hydrogen) atoms. The molecule has 0 atom stereocenters. The first-order valence-electron chi connectivity index (χ1n) is 7.87. The molecule has 0 radical (unpaired) electrons. The number of nitrogens with one attached hydrogen (secondary N) is 1. The molecular formula is C18H16N4O4. The van der Waals surface area contributed by atoms with E-state index in [4.69, 9.17) is 4.52 Å². The van der Waals surface area contributed by atoms with Crippen LogP contribution in [-0.2, 0) is 6.54 Å². The van der Waals surface area contributed by atoms with Crippen molar-refractivity contribution in [2.75, 3.05) is 0 Å². The number of nitro benzene ring substituents is 1. The van der Waals surface area contributed by atoms with Crippen molar-refractivity contribution >= 4 is 11.6 Å². The maximum absolute atomic E-state index is 12.2. The summed E-state index contributed by atoms with van der Waals surface area (Å²) in [6, 6.07) is 12.0. The van der Waals surface area contributed by atoms with Gasteiger partial charge < -0.3 is 9.84 Å². The van der Waals surface area contributed by atoms with Crippen LogP contribution in [0.25, 0.3) is 11.4 Å². The summed E-state index contributed by atoms with van der Waals surface area (Å²) in [5.41, 5.74) is 2.52. The van der Waals surface area contributed by atoms with Crippen molar-refractivity contribution in [1.29, 1.82) is 0 Å². The van der Waals surface area contributed by atoms with Crippen molar-refractivity contribution in [3.8, 4) is 11.4 Å². The zero-order valence-corrected chi connectivity index (χ0v) is 14.2. The Morgan fingerprint density at radius 3 is 2.62 bits per heavy atom. The topological polar surface area (TPSA) is 111 Å². The Labute approximate surface area is 149 Å². The smallest absolute Gasteiger partial charge is 0.273 e. The predicted octanol–water partition coefficient (Wildman–Crippen LogP) is 3.19. The van der Waals surface area contributed by atoms with Gasteiger partial charge in [-0.15, -0.1) is 0 Å². The SMILES string of the molecule is Cc1ccc(-c2noc(CNC(=O)c3ccc(C)c([N+](=O)[O-])c3)n2)cc1. The molecule has 0 spiro atoms. The Bertz CT molecular complexity index is 964. The zero-order valence-electron chi connectivity index (χ0n) is 14.2. The third-order valence-electron chi connectivity index (χ3n) is 3.85. The normalized spacial score (nSPS) is 10.5. The number of hydrogen-bond acceptors (Lipinski definition) is 6. The van der Waals surface area contributed by atoms with Crippen molar-refractivity contribution in [3.63, 3.8) is 0 Å². The molecule has 132 valence electrons. The van der Waals surface area contributed by atoms with E-state index >= 15 is 0 Å². The molecule has 0 aliphatic carbocycles. The largest absolute Gasteiger partial charge is 0.343 e. The van der Waals surface area contributed by atoms with Gasteiger partial charge in [-0.3, -0.25) is 14.9 Å². The zero-order chi connectivity index (χ0) is 18.7. The molecule has 3 aromatic rings. The summed E-state index contributed by atoms with van der Waals surface area (Å²) in [6.45, 7) is 3.63. The van der Waals surface area contributed by atoms with Crippen LogP contribution in [0.15, 0.2) is 47.0 Å². The summed E-state index contributed by atoms with van der Waals surface area (Å²) in [6.07, 6.45) is 0. The summed E-state index contributed by atoms with van der Waals surface area (Å²) in [5.74, 6) is 0.221. The van der Waals surface area contributed by atoms with E-state index in [1.807, 2.05) is 31.2 Å². The molecule has 8 heteroatoms. The third kappa shape index (κ3) is 3.75. The van der Waals surface area contributed by atoms with Gasteiger partial charge >= 0.3 is 0 Å². The van der Waals surface area contributed by atoms with Crippen LogP contribution in [0.4, 0.5) is 5.69 Å². The molecule has 0 unspecified atom stereocenters. The molecular weight excluding hydrogens is 336 g/mol. The molecule has 3 rings (SSSR count). The fourth-order valence-electron chi connectivity index (χ4n) is 2.35. The van der Waals surface area contributed by atoms with Crippen molar-refractivity contribution in [2.45, 2.75) is 20.4 Å². The van der Waals surface area contributed by atoms with E-state index in [1.165, 1.54) is 18.2 Å². The van der Waals surface area contributed by atoms with Gasteiger partial charge in [-0.2, -0.15) is 4.98 Å². The number of benzene rings is 2. The van der Waals surface area contributed by atoms with Crippen LogP contribution < -0.4 is 5.32 Å². The lowest BCUT2D eigenvalue weighted by Crippen LogP contribution is -2.23. The summed E-state index contributed by atoms with van der Waals surface area (Å²) in [4.78, 5) is 26.9. The average Bonchev–Trinajstić information content (AvgIpc) is 3.09. The van der Waals surface area contributed by atoms with E-state index in [-0.39, 0.29) is 23.7 Å². The second-order valence-corrected chi connectivity index (χ2v) is 5.82. The van der Waals surface area contributed by atoms with Gasteiger partial charge in [-0.05, 0) is 19.9 Å². The second kappa shape index (κ2) is 7.14. The van der Waals surface area contributed by atoms with Crippen molar-refractivity contribution in [3.05, 3.63) is 75.2 Å². The Kier molecular flexibility index (Phi) is 4.74. The molecule has 0 fully saturated rings. The summed E-state index contributed by atoms with van der Waals surface area (Å²) in [7, 11) is 0. The van der Waals surface area contributed by atoms with E-state index < -0.39 is 10.8 Å². The van der Waals surface area contributed by atoms with Crippen LogP contribution in [0.2, 0.25) is 0 Å². The highest BCUT2D eigenvalue weighted by atomic mass is 16.6. The van der Waals surface area contributed by atoms with E-state index in [0.717, 1.165) is 11.1 Å². The fraction of sp³-hybridized carbons (Fsp3) is 0.167. The van der Waals surface area contributed by atoms with Crippen LogP contribution in [0, 0.1) is 24.0 Å². The third-order valence-corrected chi connectivity index (χ3v) is 3.85. The van der Waals surface area contributed by atoms with Crippen molar-refractivity contribution in [2.24, 2.45) is 0 Å².